The standard InChI is InChI=1S/C15H20N2O2/c1-10(2)9-16-14(18)15(19)17-11(3)8-12-6-4-5-7-13(12)17/h4-7,10-11H,8-9H2,1-3H3,(H,16,18). The lowest BCUT2D eigenvalue weighted by Gasteiger charge is -2.22. The molecule has 0 bridgehead atoms. The largest absolute Gasteiger partial charge is 0.348 e. The average molecular weight is 260 g/mol. The first-order valence-electron chi connectivity index (χ1n) is 6.70. The van der Waals surface area contributed by atoms with Crippen molar-refractivity contribution in [3.8, 4) is 0 Å². The first kappa shape index (κ1) is 13.6. The van der Waals surface area contributed by atoms with E-state index >= 15 is 0 Å². The minimum atomic E-state index is -0.516. The number of hydrogen-bond donors (Lipinski definition) is 1. The van der Waals surface area contributed by atoms with Crippen LogP contribution in [0.4, 0.5) is 5.69 Å². The molecule has 1 unspecified atom stereocenters. The van der Waals surface area contributed by atoms with Crippen LogP contribution in [0.25, 0.3) is 0 Å². The van der Waals surface area contributed by atoms with Crippen LogP contribution in [0.3, 0.4) is 0 Å². The Morgan fingerprint density at radius 2 is 2.05 bits per heavy atom. The molecule has 1 heterocycles. The highest BCUT2D eigenvalue weighted by Crippen LogP contribution is 2.31. The number of amides is 2. The van der Waals surface area contributed by atoms with Gasteiger partial charge in [-0.2, -0.15) is 0 Å². The number of carbonyl (C=O) groups is 2. The zero-order chi connectivity index (χ0) is 14.0. The Hall–Kier alpha value is -1.84. The van der Waals surface area contributed by atoms with E-state index in [1.165, 1.54) is 0 Å². The zero-order valence-corrected chi connectivity index (χ0v) is 11.6. The SMILES string of the molecule is CC(C)CNC(=O)C(=O)N1c2ccccc2CC1C. The van der Waals surface area contributed by atoms with E-state index in [2.05, 4.69) is 5.32 Å². The lowest BCUT2D eigenvalue weighted by atomic mass is 10.1. The molecule has 4 nitrogen and oxygen atoms in total. The fraction of sp³-hybridized carbons (Fsp3) is 0.467. The van der Waals surface area contributed by atoms with Gasteiger partial charge in [-0.3, -0.25) is 9.59 Å². The highest BCUT2D eigenvalue weighted by molar-refractivity contribution is 6.40. The molecule has 0 spiro atoms. The Balaban J connectivity index is 2.13. The Labute approximate surface area is 113 Å². The molecule has 1 atom stereocenters. The van der Waals surface area contributed by atoms with Crippen LogP contribution in [-0.2, 0) is 16.0 Å². The second kappa shape index (κ2) is 5.43. The summed E-state index contributed by atoms with van der Waals surface area (Å²) < 4.78 is 0. The minimum absolute atomic E-state index is 0.0368. The van der Waals surface area contributed by atoms with Crippen molar-refractivity contribution >= 4 is 17.5 Å². The molecule has 1 aromatic carbocycles. The minimum Gasteiger partial charge on any atom is -0.348 e. The summed E-state index contributed by atoms with van der Waals surface area (Å²) in [4.78, 5) is 25.7. The second-order valence-corrected chi connectivity index (χ2v) is 5.46. The van der Waals surface area contributed by atoms with Crippen LogP contribution in [0, 0.1) is 5.92 Å². The van der Waals surface area contributed by atoms with Gasteiger partial charge in [-0.1, -0.05) is 32.0 Å². The normalized spacial score (nSPS) is 17.5. The maximum absolute atomic E-state index is 12.2. The molecule has 102 valence electrons. The Morgan fingerprint density at radius 1 is 1.37 bits per heavy atom. The van der Waals surface area contributed by atoms with Gasteiger partial charge in [-0.05, 0) is 30.9 Å². The Bertz CT molecular complexity index is 497. The molecule has 1 aliphatic rings. The zero-order valence-electron chi connectivity index (χ0n) is 11.6. The van der Waals surface area contributed by atoms with Crippen LogP contribution < -0.4 is 10.2 Å². The van der Waals surface area contributed by atoms with Crippen LogP contribution in [0.15, 0.2) is 24.3 Å². The molecular formula is C15H20N2O2. The lowest BCUT2D eigenvalue weighted by molar-refractivity contribution is -0.137. The third kappa shape index (κ3) is 2.78. The van der Waals surface area contributed by atoms with Crippen molar-refractivity contribution in [2.45, 2.75) is 33.2 Å². The van der Waals surface area contributed by atoms with E-state index in [4.69, 9.17) is 0 Å². The number of hydrogen-bond acceptors (Lipinski definition) is 2. The van der Waals surface area contributed by atoms with E-state index < -0.39 is 11.8 Å². The molecule has 0 saturated carbocycles. The number of nitrogens with one attached hydrogen (secondary N) is 1. The third-order valence-corrected chi connectivity index (χ3v) is 3.29. The van der Waals surface area contributed by atoms with E-state index in [1.54, 1.807) is 4.90 Å². The van der Waals surface area contributed by atoms with Crippen molar-refractivity contribution in [1.82, 2.24) is 5.32 Å². The first-order valence-corrected chi connectivity index (χ1v) is 6.70. The Kier molecular flexibility index (Phi) is 3.88. The molecule has 1 aliphatic heterocycles. The number of carbonyl (C=O) groups excluding carboxylic acids is 2. The van der Waals surface area contributed by atoms with Crippen LogP contribution in [0.2, 0.25) is 0 Å². The summed E-state index contributed by atoms with van der Waals surface area (Å²) in [7, 11) is 0. The van der Waals surface area contributed by atoms with E-state index in [9.17, 15) is 9.59 Å². The van der Waals surface area contributed by atoms with Crippen molar-refractivity contribution in [2.75, 3.05) is 11.4 Å². The number of nitrogens with zero attached hydrogens (tertiary/aromatic N) is 1. The average Bonchev–Trinajstić information content (AvgIpc) is 2.70. The van der Waals surface area contributed by atoms with E-state index in [0.29, 0.717) is 12.5 Å². The number of fused-ring (bicyclic) bond motifs is 1. The van der Waals surface area contributed by atoms with Gasteiger partial charge in [-0.25, -0.2) is 0 Å². The number of benzene rings is 1. The van der Waals surface area contributed by atoms with Crippen LogP contribution >= 0.6 is 0 Å². The smallest absolute Gasteiger partial charge is 0.316 e. The summed E-state index contributed by atoms with van der Waals surface area (Å²) in [6, 6.07) is 7.79. The summed E-state index contributed by atoms with van der Waals surface area (Å²) in [6.07, 6.45) is 0.805. The molecule has 0 aromatic heterocycles. The quantitative estimate of drug-likeness (QED) is 0.823. The van der Waals surface area contributed by atoms with Crippen molar-refractivity contribution < 1.29 is 9.59 Å². The van der Waals surface area contributed by atoms with Gasteiger partial charge in [0.05, 0.1) is 0 Å². The summed E-state index contributed by atoms with van der Waals surface area (Å²) in [5, 5.41) is 2.68. The molecule has 0 radical (unpaired) electrons. The van der Waals surface area contributed by atoms with Crippen LogP contribution in [-0.4, -0.2) is 24.4 Å². The fourth-order valence-electron chi connectivity index (χ4n) is 2.36. The number of anilines is 1. The van der Waals surface area contributed by atoms with Gasteiger partial charge in [0.2, 0.25) is 0 Å². The molecule has 4 heteroatoms. The van der Waals surface area contributed by atoms with Crippen molar-refractivity contribution in [1.29, 1.82) is 0 Å². The van der Waals surface area contributed by atoms with Gasteiger partial charge in [0.25, 0.3) is 0 Å². The second-order valence-electron chi connectivity index (χ2n) is 5.46. The molecule has 1 aromatic rings. The van der Waals surface area contributed by atoms with Gasteiger partial charge >= 0.3 is 11.8 Å². The molecule has 2 amide bonds. The maximum atomic E-state index is 12.2. The van der Waals surface area contributed by atoms with Crippen LogP contribution in [0.1, 0.15) is 26.3 Å². The maximum Gasteiger partial charge on any atom is 0.316 e. The Morgan fingerprint density at radius 3 is 2.74 bits per heavy atom. The molecule has 1 N–H and O–H groups in total. The third-order valence-electron chi connectivity index (χ3n) is 3.29. The summed E-state index contributed by atoms with van der Waals surface area (Å²) in [6.45, 7) is 6.49. The molecular weight excluding hydrogens is 240 g/mol. The highest BCUT2D eigenvalue weighted by atomic mass is 16.2. The van der Waals surface area contributed by atoms with Gasteiger partial charge in [0, 0.05) is 18.3 Å². The number of rotatable bonds is 2. The summed E-state index contributed by atoms with van der Waals surface area (Å²) in [5.41, 5.74) is 1.99. The predicted molar refractivity (Wildman–Crippen MR) is 74.9 cm³/mol. The van der Waals surface area contributed by atoms with Crippen LogP contribution in [0.5, 0.6) is 0 Å². The molecule has 0 fully saturated rings. The monoisotopic (exact) mass is 260 g/mol. The van der Waals surface area contributed by atoms with Crippen molar-refractivity contribution in [3.63, 3.8) is 0 Å². The molecule has 19 heavy (non-hydrogen) atoms. The van der Waals surface area contributed by atoms with Gasteiger partial charge in [-0.15, -0.1) is 0 Å². The summed E-state index contributed by atoms with van der Waals surface area (Å²) >= 11 is 0. The van der Waals surface area contributed by atoms with E-state index in [-0.39, 0.29) is 6.04 Å². The molecule has 2 rings (SSSR count). The molecule has 0 aliphatic carbocycles. The lowest BCUT2D eigenvalue weighted by Crippen LogP contribution is -2.46. The van der Waals surface area contributed by atoms with Gasteiger partial charge in [0.1, 0.15) is 0 Å². The van der Waals surface area contributed by atoms with Crippen molar-refractivity contribution in [2.24, 2.45) is 5.92 Å². The van der Waals surface area contributed by atoms with E-state index in [1.807, 2.05) is 45.0 Å². The van der Waals surface area contributed by atoms with Crippen molar-refractivity contribution in [3.05, 3.63) is 29.8 Å². The predicted octanol–water partition coefficient (Wildman–Crippen LogP) is 1.74. The fourth-order valence-corrected chi connectivity index (χ4v) is 2.36. The van der Waals surface area contributed by atoms with Gasteiger partial charge < -0.3 is 10.2 Å². The topological polar surface area (TPSA) is 49.4 Å². The van der Waals surface area contributed by atoms with Gasteiger partial charge in [0.15, 0.2) is 0 Å². The molecule has 0 saturated heterocycles. The highest BCUT2D eigenvalue weighted by Gasteiger charge is 2.33. The number of para-hydroxylation sites is 1. The van der Waals surface area contributed by atoms with E-state index in [0.717, 1.165) is 17.7 Å². The first-order chi connectivity index (χ1) is 9.00. The summed E-state index contributed by atoms with van der Waals surface area (Å²) in [5.74, 6) is -0.643.